The zero-order chi connectivity index (χ0) is 11.3. The van der Waals surface area contributed by atoms with Crippen LogP contribution in [-0.2, 0) is 4.74 Å². The number of allylic oxidation sites excluding steroid dienone is 1. The van der Waals surface area contributed by atoms with Gasteiger partial charge in [0.15, 0.2) is 0 Å². The molecule has 0 fully saturated rings. The average molecular weight is 212 g/mol. The second-order valence-electron chi connectivity index (χ2n) is 5.03. The maximum atomic E-state index is 9.52. The van der Waals surface area contributed by atoms with E-state index >= 15 is 0 Å². The highest BCUT2D eigenvalue weighted by molar-refractivity contribution is 5.11. The Morgan fingerprint density at radius 2 is 2.27 bits per heavy atom. The van der Waals surface area contributed by atoms with Gasteiger partial charge in [0, 0.05) is 12.0 Å². The van der Waals surface area contributed by atoms with Crippen molar-refractivity contribution >= 4 is 0 Å². The minimum absolute atomic E-state index is 0.00275. The quantitative estimate of drug-likeness (QED) is 0.710. The van der Waals surface area contributed by atoms with Crippen molar-refractivity contribution in [2.24, 2.45) is 5.41 Å². The predicted molar refractivity (Wildman–Crippen MR) is 62.8 cm³/mol. The maximum Gasteiger partial charge on any atom is 0.0522 e. The van der Waals surface area contributed by atoms with E-state index < -0.39 is 0 Å². The summed E-state index contributed by atoms with van der Waals surface area (Å²) in [7, 11) is 0. The second-order valence-corrected chi connectivity index (χ2v) is 5.03. The van der Waals surface area contributed by atoms with Crippen LogP contribution in [0.2, 0.25) is 0 Å². The van der Waals surface area contributed by atoms with Gasteiger partial charge in [-0.25, -0.2) is 0 Å². The lowest BCUT2D eigenvalue weighted by molar-refractivity contribution is 0.0407. The monoisotopic (exact) mass is 212 g/mol. The fourth-order valence-corrected chi connectivity index (χ4v) is 2.29. The molecule has 0 spiro atoms. The molecule has 0 saturated carbocycles. The number of aliphatic hydroxyl groups is 1. The first-order valence-electron chi connectivity index (χ1n) is 5.99. The van der Waals surface area contributed by atoms with Gasteiger partial charge >= 0.3 is 0 Å². The molecule has 0 bridgehead atoms. The number of ether oxygens (including phenoxy) is 1. The smallest absolute Gasteiger partial charge is 0.0522 e. The zero-order valence-corrected chi connectivity index (χ0v) is 10.3. The molecule has 0 aromatic heterocycles. The summed E-state index contributed by atoms with van der Waals surface area (Å²) in [5.74, 6) is 0. The van der Waals surface area contributed by atoms with Gasteiger partial charge in [-0.1, -0.05) is 11.6 Å². The van der Waals surface area contributed by atoms with Crippen LogP contribution in [0.3, 0.4) is 0 Å². The van der Waals surface area contributed by atoms with Gasteiger partial charge in [0.1, 0.15) is 0 Å². The van der Waals surface area contributed by atoms with Crippen LogP contribution >= 0.6 is 0 Å². The largest absolute Gasteiger partial charge is 0.395 e. The van der Waals surface area contributed by atoms with E-state index in [9.17, 15) is 5.11 Å². The summed E-state index contributed by atoms with van der Waals surface area (Å²) in [4.78, 5) is 0. The fourth-order valence-electron chi connectivity index (χ4n) is 2.29. The molecule has 0 amide bonds. The Hall–Kier alpha value is -0.340. The van der Waals surface area contributed by atoms with Crippen molar-refractivity contribution in [2.45, 2.75) is 52.6 Å². The molecule has 1 aliphatic carbocycles. The van der Waals surface area contributed by atoms with Crippen LogP contribution in [0.1, 0.15) is 46.5 Å². The first-order chi connectivity index (χ1) is 7.08. The van der Waals surface area contributed by atoms with E-state index in [0.717, 1.165) is 19.4 Å². The maximum absolute atomic E-state index is 9.52. The minimum Gasteiger partial charge on any atom is -0.395 e. The Morgan fingerprint density at radius 1 is 1.53 bits per heavy atom. The van der Waals surface area contributed by atoms with Crippen molar-refractivity contribution in [3.05, 3.63) is 11.6 Å². The molecule has 2 heteroatoms. The molecular weight excluding hydrogens is 188 g/mol. The molecule has 0 saturated heterocycles. The van der Waals surface area contributed by atoms with E-state index in [-0.39, 0.29) is 18.1 Å². The van der Waals surface area contributed by atoms with E-state index in [0.29, 0.717) is 0 Å². The van der Waals surface area contributed by atoms with Crippen LogP contribution in [0.15, 0.2) is 11.6 Å². The summed E-state index contributed by atoms with van der Waals surface area (Å²) in [5, 5.41) is 9.52. The van der Waals surface area contributed by atoms with Gasteiger partial charge in [-0.2, -0.15) is 0 Å². The number of rotatable bonds is 5. The van der Waals surface area contributed by atoms with Crippen molar-refractivity contribution in [3.8, 4) is 0 Å². The van der Waals surface area contributed by atoms with E-state index in [1.165, 1.54) is 18.4 Å². The third-order valence-electron chi connectivity index (χ3n) is 3.16. The molecule has 0 aromatic rings. The highest BCUT2D eigenvalue weighted by Gasteiger charge is 2.29. The molecule has 15 heavy (non-hydrogen) atoms. The molecule has 0 heterocycles. The summed E-state index contributed by atoms with van der Waals surface area (Å²) < 4.78 is 5.57. The third-order valence-corrected chi connectivity index (χ3v) is 3.16. The Balaban J connectivity index is 2.49. The van der Waals surface area contributed by atoms with Crippen LogP contribution in [0, 0.1) is 5.41 Å². The summed E-state index contributed by atoms with van der Waals surface area (Å²) in [5.41, 5.74) is 1.41. The fraction of sp³-hybridized carbons (Fsp3) is 0.846. The normalized spacial score (nSPS) is 26.9. The lowest BCUT2D eigenvalue weighted by atomic mass is 9.75. The van der Waals surface area contributed by atoms with Crippen LogP contribution in [0.25, 0.3) is 0 Å². The van der Waals surface area contributed by atoms with E-state index in [1.807, 2.05) is 13.8 Å². The van der Waals surface area contributed by atoms with Gasteiger partial charge in [0.25, 0.3) is 0 Å². The van der Waals surface area contributed by atoms with Gasteiger partial charge in [-0.3, -0.25) is 0 Å². The lowest BCUT2D eigenvalue weighted by Gasteiger charge is -2.33. The summed E-state index contributed by atoms with van der Waals surface area (Å²) in [6.45, 7) is 7.27. The Labute approximate surface area is 93.3 Å². The van der Waals surface area contributed by atoms with Crippen molar-refractivity contribution < 1.29 is 9.84 Å². The first kappa shape index (κ1) is 12.7. The van der Waals surface area contributed by atoms with Gasteiger partial charge in [0.05, 0.1) is 12.7 Å². The van der Waals surface area contributed by atoms with Gasteiger partial charge in [0.2, 0.25) is 0 Å². The third kappa shape index (κ3) is 3.96. The van der Waals surface area contributed by atoms with E-state index in [4.69, 9.17) is 4.74 Å². The number of hydrogen-bond acceptors (Lipinski definition) is 2. The molecule has 88 valence electrons. The number of hydrogen-bond donors (Lipinski definition) is 1. The predicted octanol–water partition coefficient (Wildman–Crippen LogP) is 2.91. The molecule has 0 aromatic carbocycles. The van der Waals surface area contributed by atoms with E-state index in [1.54, 1.807) is 0 Å². The van der Waals surface area contributed by atoms with Crippen LogP contribution in [0.4, 0.5) is 0 Å². The number of aliphatic hydroxyl groups excluding tert-OH is 1. The SMILES string of the molecule is CC1=CC(CO)(CCOC(C)C)CCC1. The molecular formula is C13H24O2. The molecule has 1 rings (SSSR count). The molecule has 0 aliphatic heterocycles. The summed E-state index contributed by atoms with van der Waals surface area (Å²) in [6, 6.07) is 0. The topological polar surface area (TPSA) is 29.5 Å². The van der Waals surface area contributed by atoms with Gasteiger partial charge in [-0.15, -0.1) is 0 Å². The summed E-state index contributed by atoms with van der Waals surface area (Å²) >= 11 is 0. The average Bonchev–Trinajstić information content (AvgIpc) is 2.17. The van der Waals surface area contributed by atoms with Crippen molar-refractivity contribution in [3.63, 3.8) is 0 Å². The van der Waals surface area contributed by atoms with Gasteiger partial charge < -0.3 is 9.84 Å². The Morgan fingerprint density at radius 3 is 2.80 bits per heavy atom. The van der Waals surface area contributed by atoms with Gasteiger partial charge in [-0.05, 0) is 46.5 Å². The highest BCUT2D eigenvalue weighted by Crippen LogP contribution is 2.36. The molecule has 2 nitrogen and oxygen atoms in total. The molecule has 1 aliphatic rings. The van der Waals surface area contributed by atoms with Crippen molar-refractivity contribution in [1.82, 2.24) is 0 Å². The van der Waals surface area contributed by atoms with Crippen LogP contribution < -0.4 is 0 Å². The highest BCUT2D eigenvalue weighted by atomic mass is 16.5. The Kier molecular flexibility index (Phi) is 4.81. The molecule has 1 N–H and O–H groups in total. The standard InChI is InChI=1S/C13H24O2/c1-11(2)15-8-7-13(10-14)6-4-5-12(3)9-13/h9,11,14H,4-8,10H2,1-3H3. The molecule has 1 atom stereocenters. The minimum atomic E-state index is -0.00275. The molecule has 1 unspecified atom stereocenters. The van der Waals surface area contributed by atoms with Crippen molar-refractivity contribution in [2.75, 3.05) is 13.2 Å². The first-order valence-corrected chi connectivity index (χ1v) is 5.99. The Bertz CT molecular complexity index is 221. The van der Waals surface area contributed by atoms with Crippen molar-refractivity contribution in [1.29, 1.82) is 0 Å². The zero-order valence-electron chi connectivity index (χ0n) is 10.3. The van der Waals surface area contributed by atoms with E-state index in [2.05, 4.69) is 13.0 Å². The van der Waals surface area contributed by atoms with Crippen LogP contribution in [0.5, 0.6) is 0 Å². The lowest BCUT2D eigenvalue weighted by Crippen LogP contribution is -2.28. The summed E-state index contributed by atoms with van der Waals surface area (Å²) in [6.07, 6.45) is 6.98. The van der Waals surface area contributed by atoms with Crippen LogP contribution in [-0.4, -0.2) is 24.4 Å². The molecule has 0 radical (unpaired) electrons. The second kappa shape index (κ2) is 5.66.